The van der Waals surface area contributed by atoms with Crippen LogP contribution in [0.4, 0.5) is 0 Å². The molecule has 2 N–H and O–H groups in total. The first-order valence-electron chi connectivity index (χ1n) is 7.93. The number of aliphatic imine (C=N–C) groups is 1. The van der Waals surface area contributed by atoms with Crippen LogP contribution in [0.1, 0.15) is 19.3 Å². The number of amides is 1. The average Bonchev–Trinajstić information content (AvgIpc) is 3.03. The average molecular weight is 324 g/mol. The molecule has 0 radical (unpaired) electrons. The van der Waals surface area contributed by atoms with Crippen molar-refractivity contribution in [3.63, 3.8) is 0 Å². The van der Waals surface area contributed by atoms with Crippen molar-refractivity contribution < 1.29 is 4.79 Å². The number of nitriles is 1. The van der Waals surface area contributed by atoms with Crippen LogP contribution in [0.25, 0.3) is 0 Å². The topological polar surface area (TPSA) is 83.8 Å². The number of hydrogen-bond acceptors (Lipinski definition) is 6. The minimum atomic E-state index is -0.576. The van der Waals surface area contributed by atoms with Gasteiger partial charge in [-0.15, -0.1) is 6.42 Å². The fourth-order valence-corrected chi connectivity index (χ4v) is 3.29. The predicted molar refractivity (Wildman–Crippen MR) is 90.1 cm³/mol. The molecule has 0 spiro atoms. The van der Waals surface area contributed by atoms with Crippen molar-refractivity contribution in [3.8, 4) is 18.4 Å². The first-order chi connectivity index (χ1) is 11.6. The minimum absolute atomic E-state index is 0.0546. The lowest BCUT2D eigenvalue weighted by molar-refractivity contribution is -0.142. The number of likely N-dealkylation sites (tertiary alicyclic amines) is 1. The molecule has 1 amide bonds. The maximum atomic E-state index is 12.0. The largest absolute Gasteiger partial charge is 0.368 e. The van der Waals surface area contributed by atoms with E-state index < -0.39 is 5.54 Å². The van der Waals surface area contributed by atoms with Crippen molar-refractivity contribution in [1.82, 2.24) is 20.4 Å². The van der Waals surface area contributed by atoms with E-state index in [9.17, 15) is 4.79 Å². The van der Waals surface area contributed by atoms with Gasteiger partial charge < -0.3 is 20.4 Å². The summed E-state index contributed by atoms with van der Waals surface area (Å²) in [5.74, 6) is 3.49. The van der Waals surface area contributed by atoms with Crippen LogP contribution in [0.15, 0.2) is 28.7 Å². The van der Waals surface area contributed by atoms with Crippen molar-refractivity contribution in [3.05, 3.63) is 23.7 Å². The number of carbonyl (C=O) groups excluding carboxylic acids is 1. The number of nitrogens with zero attached hydrogens (tertiary/aromatic N) is 4. The van der Waals surface area contributed by atoms with Gasteiger partial charge in [0.2, 0.25) is 5.91 Å². The predicted octanol–water partition coefficient (Wildman–Crippen LogP) is 0.112. The fraction of sp³-hybridized carbons (Fsp3) is 0.471. The monoisotopic (exact) mass is 324 g/mol. The fourth-order valence-electron chi connectivity index (χ4n) is 3.29. The van der Waals surface area contributed by atoms with Gasteiger partial charge in [-0.05, 0) is 25.1 Å². The summed E-state index contributed by atoms with van der Waals surface area (Å²) in [6.07, 6.45) is 12.7. The molecular formula is C17H20N6O. The third kappa shape index (κ3) is 2.59. The standard InChI is InChI=1S/C17H20N6O/c1-3-17(7-11-23(17)14(24)4-8-18)6-10-22(2)16-13-5-9-19-15(13)20-12-21-16/h1,5,9,12,15,19H,4,6-7,10-11H2,2H3,(H,20,21)/t15-,17-/m0/s1. The van der Waals surface area contributed by atoms with Crippen molar-refractivity contribution >= 4 is 12.2 Å². The quantitative estimate of drug-likeness (QED) is 0.702. The molecule has 3 aliphatic heterocycles. The van der Waals surface area contributed by atoms with Crippen molar-refractivity contribution in [2.75, 3.05) is 20.1 Å². The highest BCUT2D eigenvalue weighted by molar-refractivity contribution is 5.80. The van der Waals surface area contributed by atoms with E-state index in [0.29, 0.717) is 19.5 Å². The van der Waals surface area contributed by atoms with E-state index in [1.165, 1.54) is 0 Å². The molecule has 0 aliphatic carbocycles. The van der Waals surface area contributed by atoms with Gasteiger partial charge in [0.05, 0.1) is 12.4 Å². The van der Waals surface area contributed by atoms with Crippen LogP contribution < -0.4 is 10.6 Å². The Morgan fingerprint density at radius 2 is 2.46 bits per heavy atom. The molecule has 0 aromatic carbocycles. The molecule has 0 aromatic heterocycles. The summed E-state index contributed by atoms with van der Waals surface area (Å²) >= 11 is 0. The van der Waals surface area contributed by atoms with Crippen molar-refractivity contribution in [2.24, 2.45) is 4.99 Å². The maximum absolute atomic E-state index is 12.0. The molecule has 0 bridgehead atoms. The molecule has 7 heteroatoms. The van der Waals surface area contributed by atoms with E-state index in [0.717, 1.165) is 17.8 Å². The summed E-state index contributed by atoms with van der Waals surface area (Å²) in [5.41, 5.74) is 0.508. The van der Waals surface area contributed by atoms with E-state index in [1.54, 1.807) is 11.2 Å². The van der Waals surface area contributed by atoms with Gasteiger partial charge in [0.1, 0.15) is 23.9 Å². The van der Waals surface area contributed by atoms with Gasteiger partial charge in [-0.25, -0.2) is 4.99 Å². The first kappa shape index (κ1) is 15.9. The SMILES string of the molecule is C#C[C@]1(CCN(C)C2=C3C=CN[C@H]3NC=N2)CCN1C(=O)CC#N. The van der Waals surface area contributed by atoms with Crippen molar-refractivity contribution in [2.45, 2.75) is 31.0 Å². The van der Waals surface area contributed by atoms with Gasteiger partial charge in [0.25, 0.3) is 0 Å². The van der Waals surface area contributed by atoms with E-state index in [2.05, 4.69) is 26.4 Å². The summed E-state index contributed by atoms with van der Waals surface area (Å²) in [6.45, 7) is 1.30. The lowest BCUT2D eigenvalue weighted by Crippen LogP contribution is -2.62. The van der Waals surface area contributed by atoms with Crippen LogP contribution in [0.2, 0.25) is 0 Å². The molecule has 124 valence electrons. The third-order valence-corrected chi connectivity index (χ3v) is 4.81. The first-order valence-corrected chi connectivity index (χ1v) is 7.93. The normalized spacial score (nSPS) is 26.6. The van der Waals surface area contributed by atoms with E-state index in [-0.39, 0.29) is 18.5 Å². The number of nitrogens with one attached hydrogen (secondary N) is 2. The van der Waals surface area contributed by atoms with Gasteiger partial charge in [-0.2, -0.15) is 5.26 Å². The van der Waals surface area contributed by atoms with Crippen LogP contribution in [-0.2, 0) is 4.79 Å². The zero-order valence-corrected chi connectivity index (χ0v) is 13.6. The second-order valence-electron chi connectivity index (χ2n) is 6.11. The van der Waals surface area contributed by atoms with Gasteiger partial charge in [-0.3, -0.25) is 4.79 Å². The molecule has 1 saturated heterocycles. The van der Waals surface area contributed by atoms with E-state index >= 15 is 0 Å². The Kier molecular flexibility index (Phi) is 4.18. The molecule has 2 atom stereocenters. The van der Waals surface area contributed by atoms with Crippen LogP contribution in [0, 0.1) is 23.7 Å². The number of rotatable bonds is 5. The Bertz CT molecular complexity index is 710. The highest BCUT2D eigenvalue weighted by Gasteiger charge is 2.45. The van der Waals surface area contributed by atoms with Gasteiger partial charge in [0, 0.05) is 25.7 Å². The smallest absolute Gasteiger partial charge is 0.238 e. The summed E-state index contributed by atoms with van der Waals surface area (Å²) < 4.78 is 0. The number of fused-ring (bicyclic) bond motifs is 1. The minimum Gasteiger partial charge on any atom is -0.368 e. The molecular weight excluding hydrogens is 304 g/mol. The highest BCUT2D eigenvalue weighted by atomic mass is 16.2. The van der Waals surface area contributed by atoms with Gasteiger partial charge >= 0.3 is 0 Å². The molecule has 0 saturated carbocycles. The van der Waals surface area contributed by atoms with E-state index in [4.69, 9.17) is 11.7 Å². The molecule has 3 heterocycles. The summed E-state index contributed by atoms with van der Waals surface area (Å²) in [6, 6.07) is 1.90. The Morgan fingerprint density at radius 3 is 3.12 bits per heavy atom. The zero-order chi connectivity index (χ0) is 17.2. The number of hydrogen-bond donors (Lipinski definition) is 2. The molecule has 0 unspecified atom stereocenters. The van der Waals surface area contributed by atoms with E-state index in [1.807, 2.05) is 25.4 Å². The Labute approximate surface area is 141 Å². The molecule has 24 heavy (non-hydrogen) atoms. The van der Waals surface area contributed by atoms with Crippen LogP contribution >= 0.6 is 0 Å². The second-order valence-corrected chi connectivity index (χ2v) is 6.11. The molecule has 1 fully saturated rings. The van der Waals surface area contributed by atoms with Crippen LogP contribution in [-0.4, -0.2) is 53.9 Å². The molecule has 0 aromatic rings. The molecule has 7 nitrogen and oxygen atoms in total. The van der Waals surface area contributed by atoms with Crippen molar-refractivity contribution in [1.29, 1.82) is 5.26 Å². The molecule has 3 aliphatic rings. The van der Waals surface area contributed by atoms with Crippen LogP contribution in [0.3, 0.4) is 0 Å². The number of carbonyl (C=O) groups is 1. The Balaban J connectivity index is 1.67. The van der Waals surface area contributed by atoms with Gasteiger partial charge in [-0.1, -0.05) is 5.92 Å². The maximum Gasteiger partial charge on any atom is 0.238 e. The second kappa shape index (κ2) is 6.29. The Morgan fingerprint density at radius 1 is 1.62 bits per heavy atom. The molecule has 3 rings (SSSR count). The summed E-state index contributed by atoms with van der Waals surface area (Å²) in [7, 11) is 1.97. The Hall–Kier alpha value is -2.93. The zero-order valence-electron chi connectivity index (χ0n) is 13.6. The summed E-state index contributed by atoms with van der Waals surface area (Å²) in [4.78, 5) is 20.2. The lowest BCUT2D eigenvalue weighted by atomic mass is 9.81. The summed E-state index contributed by atoms with van der Waals surface area (Å²) in [5, 5.41) is 15.1. The third-order valence-electron chi connectivity index (χ3n) is 4.81. The van der Waals surface area contributed by atoms with Gasteiger partial charge in [0.15, 0.2) is 0 Å². The lowest BCUT2D eigenvalue weighted by Gasteiger charge is -2.50. The number of terminal acetylenes is 1. The van der Waals surface area contributed by atoms with Crippen LogP contribution in [0.5, 0.6) is 0 Å². The highest BCUT2D eigenvalue weighted by Crippen LogP contribution is 2.34.